The number of benzene rings is 2. The molecule has 2 unspecified atom stereocenters. The largest absolute Gasteiger partial charge is 0.485 e. The summed E-state index contributed by atoms with van der Waals surface area (Å²) in [5.74, 6) is 0.922. The summed E-state index contributed by atoms with van der Waals surface area (Å²) in [6.07, 6.45) is 0.792. The molecule has 2 aromatic carbocycles. The third kappa shape index (κ3) is 3.03. The molecule has 1 aliphatic heterocycles. The van der Waals surface area contributed by atoms with Gasteiger partial charge >= 0.3 is 0 Å². The first-order chi connectivity index (χ1) is 10.2. The third-order valence-electron chi connectivity index (χ3n) is 3.77. The van der Waals surface area contributed by atoms with Gasteiger partial charge in [-0.3, -0.25) is 0 Å². The third-order valence-corrected chi connectivity index (χ3v) is 4.34. The molecule has 0 aromatic heterocycles. The van der Waals surface area contributed by atoms with Crippen LogP contribution in [0.3, 0.4) is 0 Å². The Morgan fingerprint density at radius 1 is 1.14 bits per heavy atom. The second-order valence-electron chi connectivity index (χ2n) is 5.16. The van der Waals surface area contributed by atoms with Gasteiger partial charge in [0.1, 0.15) is 11.9 Å². The molecule has 2 atom stereocenters. The van der Waals surface area contributed by atoms with Crippen molar-refractivity contribution >= 4 is 23.2 Å². The smallest absolute Gasteiger partial charge is 0.127 e. The monoisotopic (exact) mass is 321 g/mol. The van der Waals surface area contributed by atoms with E-state index in [1.54, 1.807) is 6.07 Å². The molecule has 0 aliphatic carbocycles. The highest BCUT2D eigenvalue weighted by molar-refractivity contribution is 6.35. The summed E-state index contributed by atoms with van der Waals surface area (Å²) in [7, 11) is 0. The van der Waals surface area contributed by atoms with Crippen molar-refractivity contribution in [3.63, 3.8) is 0 Å². The molecule has 0 radical (unpaired) electrons. The van der Waals surface area contributed by atoms with Gasteiger partial charge in [0, 0.05) is 33.6 Å². The molecule has 0 bridgehead atoms. The molecular formula is C17H17Cl2NO. The van der Waals surface area contributed by atoms with E-state index < -0.39 is 0 Å². The molecule has 21 heavy (non-hydrogen) atoms. The number of para-hydroxylation sites is 1. The zero-order valence-electron chi connectivity index (χ0n) is 11.8. The Bertz CT molecular complexity index is 644. The fourth-order valence-corrected chi connectivity index (χ4v) is 3.34. The van der Waals surface area contributed by atoms with Crippen LogP contribution < -0.4 is 10.1 Å². The SMILES string of the molecule is CCNC1CC(c2ccc(Cl)cc2Cl)Oc2ccccc21. The molecule has 3 rings (SSSR count). The van der Waals surface area contributed by atoms with Crippen molar-refractivity contribution in [3.8, 4) is 5.75 Å². The lowest BCUT2D eigenvalue weighted by atomic mass is 9.93. The fraction of sp³-hybridized carbons (Fsp3) is 0.294. The van der Waals surface area contributed by atoms with Gasteiger partial charge in [-0.2, -0.15) is 0 Å². The van der Waals surface area contributed by atoms with Crippen LogP contribution in [0, 0.1) is 0 Å². The Morgan fingerprint density at radius 3 is 2.71 bits per heavy atom. The van der Waals surface area contributed by atoms with Crippen LogP contribution in [-0.2, 0) is 0 Å². The zero-order chi connectivity index (χ0) is 14.8. The highest BCUT2D eigenvalue weighted by atomic mass is 35.5. The van der Waals surface area contributed by atoms with E-state index in [-0.39, 0.29) is 12.1 Å². The number of nitrogens with one attached hydrogen (secondary N) is 1. The van der Waals surface area contributed by atoms with Gasteiger partial charge in [-0.1, -0.05) is 54.4 Å². The molecule has 1 N–H and O–H groups in total. The minimum atomic E-state index is -0.0614. The van der Waals surface area contributed by atoms with Gasteiger partial charge in [0.05, 0.1) is 0 Å². The average molecular weight is 322 g/mol. The van der Waals surface area contributed by atoms with Gasteiger partial charge in [-0.25, -0.2) is 0 Å². The molecule has 1 aliphatic rings. The summed E-state index contributed by atoms with van der Waals surface area (Å²) >= 11 is 12.3. The van der Waals surface area contributed by atoms with Crippen LogP contribution in [0.25, 0.3) is 0 Å². The molecule has 1 heterocycles. The predicted molar refractivity (Wildman–Crippen MR) is 87.3 cm³/mol. The molecule has 0 saturated heterocycles. The van der Waals surface area contributed by atoms with Crippen molar-refractivity contribution in [2.75, 3.05) is 6.54 Å². The summed E-state index contributed by atoms with van der Waals surface area (Å²) in [6, 6.07) is 14.0. The second-order valence-corrected chi connectivity index (χ2v) is 6.00. The standard InChI is InChI=1S/C17H17Cl2NO/c1-2-20-15-10-17(12-8-7-11(18)9-14(12)19)21-16-6-4-3-5-13(15)16/h3-9,15,17,20H,2,10H2,1H3. The Morgan fingerprint density at radius 2 is 1.95 bits per heavy atom. The first kappa shape index (κ1) is 14.7. The van der Waals surface area contributed by atoms with Gasteiger partial charge in [-0.15, -0.1) is 0 Å². The predicted octanol–water partition coefficient (Wildman–Crippen LogP) is 5.17. The Kier molecular flexibility index (Phi) is 4.39. The number of ether oxygens (including phenoxy) is 1. The minimum Gasteiger partial charge on any atom is -0.485 e. The van der Waals surface area contributed by atoms with Gasteiger partial charge in [0.25, 0.3) is 0 Å². The number of fused-ring (bicyclic) bond motifs is 1. The van der Waals surface area contributed by atoms with E-state index in [1.807, 2.05) is 30.3 Å². The summed E-state index contributed by atoms with van der Waals surface area (Å²) < 4.78 is 6.15. The summed E-state index contributed by atoms with van der Waals surface area (Å²) in [6.45, 7) is 3.03. The van der Waals surface area contributed by atoms with Crippen LogP contribution >= 0.6 is 23.2 Å². The highest BCUT2D eigenvalue weighted by Crippen LogP contribution is 2.42. The molecule has 110 valence electrons. The number of hydrogen-bond acceptors (Lipinski definition) is 2. The van der Waals surface area contributed by atoms with Crippen LogP contribution in [0.2, 0.25) is 10.0 Å². The van der Waals surface area contributed by atoms with E-state index in [2.05, 4.69) is 18.3 Å². The van der Waals surface area contributed by atoms with Crippen molar-refractivity contribution in [2.45, 2.75) is 25.5 Å². The van der Waals surface area contributed by atoms with E-state index >= 15 is 0 Å². The maximum absolute atomic E-state index is 6.33. The van der Waals surface area contributed by atoms with E-state index in [1.165, 1.54) is 5.56 Å². The first-order valence-electron chi connectivity index (χ1n) is 7.13. The molecule has 4 heteroatoms. The van der Waals surface area contributed by atoms with Gasteiger partial charge in [0.2, 0.25) is 0 Å². The summed E-state index contributed by atoms with van der Waals surface area (Å²) in [4.78, 5) is 0. The summed E-state index contributed by atoms with van der Waals surface area (Å²) in [5, 5.41) is 4.82. The lowest BCUT2D eigenvalue weighted by Gasteiger charge is -2.33. The molecule has 0 fully saturated rings. The summed E-state index contributed by atoms with van der Waals surface area (Å²) in [5.41, 5.74) is 2.19. The molecular weight excluding hydrogens is 305 g/mol. The maximum atomic E-state index is 6.33. The van der Waals surface area contributed by atoms with Crippen molar-refractivity contribution in [2.24, 2.45) is 0 Å². The number of rotatable bonds is 3. The van der Waals surface area contributed by atoms with E-state index in [9.17, 15) is 0 Å². The highest BCUT2D eigenvalue weighted by Gasteiger charge is 2.29. The van der Waals surface area contributed by atoms with Crippen LogP contribution in [0.5, 0.6) is 5.75 Å². The van der Waals surface area contributed by atoms with Crippen molar-refractivity contribution in [3.05, 3.63) is 63.6 Å². The topological polar surface area (TPSA) is 21.3 Å². The van der Waals surface area contributed by atoms with Crippen molar-refractivity contribution in [1.82, 2.24) is 5.32 Å². The first-order valence-corrected chi connectivity index (χ1v) is 7.88. The van der Waals surface area contributed by atoms with Crippen LogP contribution in [0.4, 0.5) is 0 Å². The van der Waals surface area contributed by atoms with Crippen LogP contribution in [-0.4, -0.2) is 6.54 Å². The van der Waals surface area contributed by atoms with Crippen molar-refractivity contribution < 1.29 is 4.74 Å². The quantitative estimate of drug-likeness (QED) is 0.842. The van der Waals surface area contributed by atoms with E-state index in [0.29, 0.717) is 10.0 Å². The van der Waals surface area contributed by atoms with Gasteiger partial charge in [0.15, 0.2) is 0 Å². The van der Waals surface area contributed by atoms with Crippen LogP contribution in [0.1, 0.15) is 36.6 Å². The number of halogens is 2. The maximum Gasteiger partial charge on any atom is 0.127 e. The van der Waals surface area contributed by atoms with Crippen LogP contribution in [0.15, 0.2) is 42.5 Å². The average Bonchev–Trinajstić information content (AvgIpc) is 2.47. The zero-order valence-corrected chi connectivity index (χ0v) is 13.3. The Labute approximate surface area is 135 Å². The lowest BCUT2D eigenvalue weighted by Crippen LogP contribution is -2.29. The molecule has 0 amide bonds. The molecule has 0 saturated carbocycles. The van der Waals surface area contributed by atoms with Gasteiger partial charge in [-0.05, 0) is 24.7 Å². The van der Waals surface area contributed by atoms with E-state index in [0.717, 1.165) is 24.3 Å². The second kappa shape index (κ2) is 6.27. The minimum absolute atomic E-state index is 0.0614. The van der Waals surface area contributed by atoms with Crippen molar-refractivity contribution in [1.29, 1.82) is 0 Å². The van der Waals surface area contributed by atoms with E-state index in [4.69, 9.17) is 27.9 Å². The fourth-order valence-electron chi connectivity index (χ4n) is 2.81. The van der Waals surface area contributed by atoms with Gasteiger partial charge < -0.3 is 10.1 Å². The number of hydrogen-bond donors (Lipinski definition) is 1. The lowest BCUT2D eigenvalue weighted by molar-refractivity contribution is 0.152. The molecule has 0 spiro atoms. The normalized spacial score (nSPS) is 20.7. The Hall–Kier alpha value is -1.22. The Balaban J connectivity index is 1.95. The molecule has 2 aromatic rings. The molecule has 2 nitrogen and oxygen atoms in total.